The van der Waals surface area contributed by atoms with Gasteiger partial charge in [0.15, 0.2) is 0 Å². The van der Waals surface area contributed by atoms with Gasteiger partial charge in [0.05, 0.1) is 16.6 Å². The molecule has 0 amide bonds. The second-order valence-corrected chi connectivity index (χ2v) is 4.33. The van der Waals surface area contributed by atoms with E-state index in [0.717, 1.165) is 12.3 Å². The Morgan fingerprint density at radius 2 is 2.35 bits per heavy atom. The maximum Gasteiger partial charge on any atom is 0.326 e. The molecule has 2 N–H and O–H groups in total. The first-order valence-electron chi connectivity index (χ1n) is 5.66. The van der Waals surface area contributed by atoms with Crippen LogP contribution in [0.4, 0.5) is 11.5 Å². The van der Waals surface area contributed by atoms with Crippen LogP contribution >= 0.6 is 0 Å². The van der Waals surface area contributed by atoms with Gasteiger partial charge in [-0.3, -0.25) is 10.1 Å². The van der Waals surface area contributed by atoms with E-state index >= 15 is 0 Å². The van der Waals surface area contributed by atoms with E-state index < -0.39 is 28.7 Å². The zero-order valence-corrected chi connectivity index (χ0v) is 10.1. The molecule has 0 bridgehead atoms. The van der Waals surface area contributed by atoms with Crippen LogP contribution < -0.4 is 4.90 Å². The fourth-order valence-electron chi connectivity index (χ4n) is 2.14. The minimum absolute atomic E-state index is 0.00655. The van der Waals surface area contributed by atoms with Gasteiger partial charge < -0.3 is 15.1 Å². The lowest BCUT2D eigenvalue weighted by atomic mass is 10.2. The predicted molar refractivity (Wildman–Crippen MR) is 65.0 cm³/mol. The number of aliphatic carboxylic acids is 1. The van der Waals surface area contributed by atoms with Gasteiger partial charge in [-0.05, 0) is 0 Å². The third-order valence-electron chi connectivity index (χ3n) is 3.01. The summed E-state index contributed by atoms with van der Waals surface area (Å²) < 4.78 is 0. The molecule has 2 unspecified atom stereocenters. The molecule has 20 heavy (non-hydrogen) atoms. The van der Waals surface area contributed by atoms with E-state index in [9.17, 15) is 20.0 Å². The Labute approximate surface area is 112 Å². The summed E-state index contributed by atoms with van der Waals surface area (Å²) >= 11 is 0. The minimum Gasteiger partial charge on any atom is -0.480 e. The number of aliphatic hydroxyl groups is 1. The highest BCUT2D eigenvalue weighted by molar-refractivity contribution is 5.80. The van der Waals surface area contributed by atoms with Crippen LogP contribution in [0.2, 0.25) is 0 Å². The van der Waals surface area contributed by atoms with Crippen LogP contribution in [0, 0.1) is 21.4 Å². The van der Waals surface area contributed by atoms with Gasteiger partial charge in [0.25, 0.3) is 0 Å². The highest BCUT2D eigenvalue weighted by Gasteiger charge is 2.39. The summed E-state index contributed by atoms with van der Waals surface area (Å²) in [7, 11) is 0. The van der Waals surface area contributed by atoms with Crippen LogP contribution in [0.1, 0.15) is 12.0 Å². The van der Waals surface area contributed by atoms with Gasteiger partial charge in [-0.2, -0.15) is 5.26 Å². The van der Waals surface area contributed by atoms with Crippen molar-refractivity contribution in [2.45, 2.75) is 18.6 Å². The van der Waals surface area contributed by atoms with Crippen molar-refractivity contribution in [1.82, 2.24) is 4.98 Å². The van der Waals surface area contributed by atoms with Gasteiger partial charge in [-0.25, -0.2) is 9.78 Å². The molecule has 1 aliphatic rings. The van der Waals surface area contributed by atoms with Crippen molar-refractivity contribution in [2.75, 3.05) is 11.4 Å². The number of hydrogen-bond acceptors (Lipinski definition) is 7. The van der Waals surface area contributed by atoms with E-state index in [1.807, 2.05) is 0 Å². The Bertz CT molecular complexity index is 611. The van der Waals surface area contributed by atoms with E-state index in [-0.39, 0.29) is 24.3 Å². The highest BCUT2D eigenvalue weighted by atomic mass is 16.6. The average Bonchev–Trinajstić information content (AvgIpc) is 2.80. The number of anilines is 1. The van der Waals surface area contributed by atoms with Crippen LogP contribution in [0.3, 0.4) is 0 Å². The lowest BCUT2D eigenvalue weighted by molar-refractivity contribution is -0.384. The number of nitriles is 1. The van der Waals surface area contributed by atoms with Crippen LogP contribution in [-0.2, 0) is 4.79 Å². The van der Waals surface area contributed by atoms with Crippen molar-refractivity contribution >= 4 is 17.5 Å². The number of β-amino-alcohol motifs (C(OH)–C–C–N with tert-alkyl or cyclic N) is 1. The molecule has 104 valence electrons. The average molecular weight is 278 g/mol. The Morgan fingerprint density at radius 3 is 2.90 bits per heavy atom. The summed E-state index contributed by atoms with van der Waals surface area (Å²) in [5.74, 6) is -1.35. The summed E-state index contributed by atoms with van der Waals surface area (Å²) in [6.45, 7) is -0.0588. The molecule has 2 heterocycles. The summed E-state index contributed by atoms with van der Waals surface area (Å²) in [4.78, 5) is 26.4. The van der Waals surface area contributed by atoms with Gasteiger partial charge in [-0.15, -0.1) is 0 Å². The molecule has 1 aromatic heterocycles. The Morgan fingerprint density at radius 1 is 1.65 bits per heavy atom. The number of aliphatic hydroxyl groups excluding tert-OH is 1. The maximum atomic E-state index is 11.1. The minimum atomic E-state index is -1.19. The van der Waals surface area contributed by atoms with E-state index in [4.69, 9.17) is 10.4 Å². The van der Waals surface area contributed by atoms with Crippen molar-refractivity contribution in [1.29, 1.82) is 5.26 Å². The molecule has 2 atom stereocenters. The smallest absolute Gasteiger partial charge is 0.326 e. The first-order valence-corrected chi connectivity index (χ1v) is 5.66. The van der Waals surface area contributed by atoms with Crippen molar-refractivity contribution in [3.8, 4) is 6.07 Å². The Hall–Kier alpha value is -2.73. The van der Waals surface area contributed by atoms with Crippen molar-refractivity contribution in [3.05, 3.63) is 27.9 Å². The fourth-order valence-corrected chi connectivity index (χ4v) is 2.14. The number of rotatable bonds is 3. The number of carboxylic acid groups (broad SMARTS) is 1. The number of hydrogen-bond donors (Lipinski definition) is 2. The molecular weight excluding hydrogens is 268 g/mol. The van der Waals surface area contributed by atoms with Gasteiger partial charge in [0, 0.05) is 25.2 Å². The van der Waals surface area contributed by atoms with E-state index in [1.54, 1.807) is 6.07 Å². The van der Waals surface area contributed by atoms with Gasteiger partial charge >= 0.3 is 11.7 Å². The van der Waals surface area contributed by atoms with Crippen molar-refractivity contribution < 1.29 is 19.9 Å². The molecule has 0 aromatic carbocycles. The number of nitrogens with zero attached hydrogens (tertiary/aromatic N) is 4. The lowest BCUT2D eigenvalue weighted by Gasteiger charge is -2.21. The fraction of sp³-hybridized carbons (Fsp3) is 0.364. The summed E-state index contributed by atoms with van der Waals surface area (Å²) in [5.41, 5.74) is -0.448. The molecule has 1 aliphatic heterocycles. The second kappa shape index (κ2) is 5.10. The molecular formula is C11H10N4O5. The SMILES string of the molecule is N#Cc1cnc(N2CC(O)CC2C(=O)O)c([N+](=O)[O-])c1. The van der Waals surface area contributed by atoms with E-state index in [0.29, 0.717) is 0 Å². The van der Waals surface area contributed by atoms with Gasteiger partial charge in [0.2, 0.25) is 5.82 Å². The molecule has 0 radical (unpaired) electrons. The second-order valence-electron chi connectivity index (χ2n) is 4.33. The number of pyridine rings is 1. The number of nitro groups is 1. The highest BCUT2D eigenvalue weighted by Crippen LogP contribution is 2.32. The Kier molecular flexibility index (Phi) is 3.49. The van der Waals surface area contributed by atoms with Crippen LogP contribution in [0.25, 0.3) is 0 Å². The third kappa shape index (κ3) is 2.36. The predicted octanol–water partition coefficient (Wildman–Crippen LogP) is -0.114. The quantitative estimate of drug-likeness (QED) is 0.576. The van der Waals surface area contributed by atoms with Crippen LogP contribution in [0.15, 0.2) is 12.3 Å². The number of carboxylic acids is 1. The molecule has 1 saturated heterocycles. The topological polar surface area (TPSA) is 141 Å². The lowest BCUT2D eigenvalue weighted by Crippen LogP contribution is -2.37. The summed E-state index contributed by atoms with van der Waals surface area (Å²) in [6.07, 6.45) is 0.202. The molecule has 2 rings (SSSR count). The monoisotopic (exact) mass is 278 g/mol. The number of carbonyl (C=O) groups is 1. The van der Waals surface area contributed by atoms with Crippen molar-refractivity contribution in [3.63, 3.8) is 0 Å². The molecule has 1 aromatic rings. The van der Waals surface area contributed by atoms with Crippen LogP contribution in [0.5, 0.6) is 0 Å². The maximum absolute atomic E-state index is 11.1. The van der Waals surface area contributed by atoms with Gasteiger partial charge in [0.1, 0.15) is 12.1 Å². The summed E-state index contributed by atoms with van der Waals surface area (Å²) in [5, 5.41) is 38.4. The van der Waals surface area contributed by atoms with Crippen molar-refractivity contribution in [2.24, 2.45) is 0 Å². The zero-order valence-electron chi connectivity index (χ0n) is 10.1. The first-order chi connectivity index (χ1) is 9.43. The third-order valence-corrected chi connectivity index (χ3v) is 3.01. The normalized spacial score (nSPS) is 21.5. The first kappa shape index (κ1) is 13.7. The molecule has 0 aliphatic carbocycles. The number of aromatic nitrogens is 1. The molecule has 1 fully saturated rings. The summed E-state index contributed by atoms with van der Waals surface area (Å²) in [6, 6.07) is 1.69. The standard InChI is InChI=1S/C11H10N4O5/c12-3-6-1-8(15(19)20)10(13-4-6)14-5-7(16)2-9(14)11(17)18/h1,4,7,9,16H,2,5H2,(H,17,18). The molecule has 9 heteroatoms. The molecule has 0 spiro atoms. The van der Waals surface area contributed by atoms with E-state index in [2.05, 4.69) is 4.98 Å². The zero-order chi connectivity index (χ0) is 14.9. The molecule has 0 saturated carbocycles. The van der Waals surface area contributed by atoms with E-state index in [1.165, 1.54) is 4.90 Å². The molecule has 9 nitrogen and oxygen atoms in total. The van der Waals surface area contributed by atoms with Crippen LogP contribution in [-0.4, -0.2) is 44.8 Å². The largest absolute Gasteiger partial charge is 0.480 e. The van der Waals surface area contributed by atoms with Gasteiger partial charge in [-0.1, -0.05) is 0 Å². The Balaban J connectivity index is 2.49.